The van der Waals surface area contributed by atoms with E-state index < -0.39 is 0 Å². The zero-order valence-corrected chi connectivity index (χ0v) is 33.2. The maximum Gasteiger partial charge on any atom is 0.135 e. The van der Waals surface area contributed by atoms with E-state index in [1.165, 1.54) is 49.2 Å². The summed E-state index contributed by atoms with van der Waals surface area (Å²) < 4.78 is 17.5. The third-order valence-electron chi connectivity index (χ3n) is 12.2. The average molecular weight is 771 g/mol. The van der Waals surface area contributed by atoms with Gasteiger partial charge in [0, 0.05) is 54.8 Å². The minimum Gasteiger partial charge on any atom is -0.495 e. The Morgan fingerprint density at radius 3 is 1.30 bits per heavy atom. The topological polar surface area (TPSA) is 32.2 Å². The Hall–Kier alpha value is -7.82. The standard InChI is InChI=1S/C56H38N2O2/c1-35-28-46(36-14-4-3-5-15-36)56(59-2)47(29-35)38-25-27-55-49(33-38)48-32-37(24-26-54(48)60-55)39-30-40(57-50-20-10-6-16-42(50)43-17-7-11-21-51(43)57)34-41(31-39)58-52-22-12-8-18-44(52)45-19-9-13-23-53(45)58/h3-34H,1-2H3. The van der Waals surface area contributed by atoms with Crippen LogP contribution in [0.2, 0.25) is 0 Å². The molecule has 3 aromatic heterocycles. The Bertz CT molecular complexity index is 3420. The van der Waals surface area contributed by atoms with Gasteiger partial charge in [0.25, 0.3) is 0 Å². The van der Waals surface area contributed by atoms with Gasteiger partial charge in [-0.2, -0.15) is 0 Å². The van der Waals surface area contributed by atoms with Gasteiger partial charge in [0.2, 0.25) is 0 Å². The Morgan fingerprint density at radius 2 is 0.800 bits per heavy atom. The van der Waals surface area contributed by atoms with Crippen LogP contribution in [0.15, 0.2) is 199 Å². The van der Waals surface area contributed by atoms with Crippen molar-refractivity contribution in [3.8, 4) is 50.5 Å². The van der Waals surface area contributed by atoms with Gasteiger partial charge in [-0.05, 0) is 114 Å². The molecule has 0 aliphatic carbocycles. The molecule has 0 saturated heterocycles. The first kappa shape index (κ1) is 34.2. The average Bonchev–Trinajstić information content (AvgIpc) is 3.96. The Kier molecular flexibility index (Phi) is 7.63. The summed E-state index contributed by atoms with van der Waals surface area (Å²) in [5.74, 6) is 0.860. The number of fused-ring (bicyclic) bond motifs is 9. The molecule has 0 aliphatic heterocycles. The molecule has 4 heteroatoms. The van der Waals surface area contributed by atoms with Crippen LogP contribution in [0.5, 0.6) is 5.75 Å². The number of aryl methyl sites for hydroxylation is 1. The molecule has 0 amide bonds. The van der Waals surface area contributed by atoms with Gasteiger partial charge in [0.05, 0.1) is 29.2 Å². The maximum absolute atomic E-state index is 6.53. The van der Waals surface area contributed by atoms with Gasteiger partial charge in [0.1, 0.15) is 16.9 Å². The summed E-state index contributed by atoms with van der Waals surface area (Å²) in [6, 6.07) is 69.9. The van der Waals surface area contributed by atoms with E-state index in [0.29, 0.717) is 0 Å². The first-order valence-corrected chi connectivity index (χ1v) is 20.4. The summed E-state index contributed by atoms with van der Waals surface area (Å²) in [6.45, 7) is 2.15. The Labute approximate surface area is 346 Å². The van der Waals surface area contributed by atoms with Crippen molar-refractivity contribution in [1.29, 1.82) is 0 Å². The number of ether oxygens (including phenoxy) is 1. The summed E-state index contributed by atoms with van der Waals surface area (Å²) in [4.78, 5) is 0. The van der Waals surface area contributed by atoms with Crippen molar-refractivity contribution in [2.45, 2.75) is 6.92 Å². The predicted molar refractivity (Wildman–Crippen MR) is 250 cm³/mol. The summed E-state index contributed by atoms with van der Waals surface area (Å²) in [5, 5.41) is 7.08. The largest absolute Gasteiger partial charge is 0.495 e. The lowest BCUT2D eigenvalue weighted by atomic mass is 9.94. The minimum absolute atomic E-state index is 0.853. The second-order valence-corrected chi connectivity index (χ2v) is 15.8. The van der Waals surface area contributed by atoms with Gasteiger partial charge >= 0.3 is 0 Å². The highest BCUT2D eigenvalue weighted by molar-refractivity contribution is 6.11. The van der Waals surface area contributed by atoms with Crippen molar-refractivity contribution in [1.82, 2.24) is 9.13 Å². The molecule has 0 spiro atoms. The minimum atomic E-state index is 0.853. The van der Waals surface area contributed by atoms with Crippen LogP contribution in [0.25, 0.3) is 110 Å². The van der Waals surface area contributed by atoms with Crippen LogP contribution in [-0.2, 0) is 0 Å². The number of hydrogen-bond donors (Lipinski definition) is 0. The monoisotopic (exact) mass is 770 g/mol. The SMILES string of the molecule is COc1c(-c2ccccc2)cc(C)cc1-c1ccc2oc3ccc(-c4cc(-n5c6ccccc6c6ccccc65)cc(-n5c6ccccc6c6ccccc65)c4)cc3c2c1. The van der Waals surface area contributed by atoms with E-state index in [1.54, 1.807) is 7.11 Å². The Morgan fingerprint density at radius 1 is 0.367 bits per heavy atom. The normalized spacial score (nSPS) is 11.8. The van der Waals surface area contributed by atoms with Crippen LogP contribution in [-0.4, -0.2) is 16.2 Å². The zero-order chi connectivity index (χ0) is 39.9. The molecule has 0 saturated carbocycles. The summed E-state index contributed by atoms with van der Waals surface area (Å²) in [7, 11) is 1.76. The van der Waals surface area contributed by atoms with Crippen molar-refractivity contribution in [3.05, 3.63) is 200 Å². The molecule has 0 bridgehead atoms. The molecule has 60 heavy (non-hydrogen) atoms. The molecule has 12 aromatic rings. The number of aromatic nitrogens is 2. The second kappa shape index (κ2) is 13.4. The highest BCUT2D eigenvalue weighted by Crippen LogP contribution is 2.43. The fourth-order valence-corrected chi connectivity index (χ4v) is 9.59. The van der Waals surface area contributed by atoms with E-state index >= 15 is 0 Å². The molecule has 12 rings (SSSR count). The summed E-state index contributed by atoms with van der Waals surface area (Å²) in [5.41, 5.74) is 16.3. The van der Waals surface area contributed by atoms with E-state index in [1.807, 2.05) is 6.07 Å². The van der Waals surface area contributed by atoms with E-state index in [9.17, 15) is 0 Å². The quantitative estimate of drug-likeness (QED) is 0.169. The molecule has 0 fully saturated rings. The van der Waals surface area contributed by atoms with Crippen LogP contribution in [0.3, 0.4) is 0 Å². The molecule has 0 N–H and O–H groups in total. The smallest absolute Gasteiger partial charge is 0.135 e. The van der Waals surface area contributed by atoms with Crippen LogP contribution < -0.4 is 4.74 Å². The number of rotatable bonds is 6. The third-order valence-corrected chi connectivity index (χ3v) is 12.2. The number of hydrogen-bond acceptors (Lipinski definition) is 2. The van der Waals surface area contributed by atoms with Crippen LogP contribution in [0, 0.1) is 6.92 Å². The van der Waals surface area contributed by atoms with Gasteiger partial charge in [-0.3, -0.25) is 0 Å². The number of nitrogens with zero attached hydrogens (tertiary/aromatic N) is 2. The molecule has 3 heterocycles. The molecular formula is C56H38N2O2. The summed E-state index contributed by atoms with van der Waals surface area (Å²) >= 11 is 0. The van der Waals surface area contributed by atoms with Gasteiger partial charge < -0.3 is 18.3 Å². The van der Waals surface area contributed by atoms with E-state index in [0.717, 1.165) is 72.4 Å². The highest BCUT2D eigenvalue weighted by Gasteiger charge is 2.20. The zero-order valence-electron chi connectivity index (χ0n) is 33.2. The number of furan rings is 1. The lowest BCUT2D eigenvalue weighted by Crippen LogP contribution is -2.00. The lowest BCUT2D eigenvalue weighted by Gasteiger charge is -2.16. The van der Waals surface area contributed by atoms with E-state index in [2.05, 4.69) is 204 Å². The van der Waals surface area contributed by atoms with Crippen LogP contribution in [0.4, 0.5) is 0 Å². The van der Waals surface area contributed by atoms with Crippen molar-refractivity contribution in [3.63, 3.8) is 0 Å². The van der Waals surface area contributed by atoms with Gasteiger partial charge in [0.15, 0.2) is 0 Å². The molecule has 4 nitrogen and oxygen atoms in total. The number of methoxy groups -OCH3 is 1. The van der Waals surface area contributed by atoms with Gasteiger partial charge in [-0.25, -0.2) is 0 Å². The molecule has 0 unspecified atom stereocenters. The summed E-state index contributed by atoms with van der Waals surface area (Å²) in [6.07, 6.45) is 0. The first-order valence-electron chi connectivity index (χ1n) is 20.4. The molecular weight excluding hydrogens is 733 g/mol. The number of benzene rings is 9. The molecule has 284 valence electrons. The van der Waals surface area contributed by atoms with Crippen LogP contribution >= 0.6 is 0 Å². The first-order chi connectivity index (χ1) is 29.6. The van der Waals surface area contributed by atoms with Gasteiger partial charge in [-0.15, -0.1) is 0 Å². The third kappa shape index (κ3) is 5.24. The molecule has 9 aromatic carbocycles. The van der Waals surface area contributed by atoms with Crippen molar-refractivity contribution < 1.29 is 9.15 Å². The van der Waals surface area contributed by atoms with Gasteiger partial charge in [-0.1, -0.05) is 115 Å². The van der Waals surface area contributed by atoms with E-state index in [-0.39, 0.29) is 0 Å². The predicted octanol–water partition coefficient (Wildman–Crippen LogP) is 15.1. The lowest BCUT2D eigenvalue weighted by molar-refractivity contribution is 0.418. The van der Waals surface area contributed by atoms with Crippen molar-refractivity contribution >= 4 is 65.6 Å². The van der Waals surface area contributed by atoms with E-state index in [4.69, 9.17) is 9.15 Å². The fraction of sp³-hybridized carbons (Fsp3) is 0.0357. The molecule has 0 aliphatic rings. The maximum atomic E-state index is 6.53. The molecule has 0 radical (unpaired) electrons. The molecule has 0 atom stereocenters. The van der Waals surface area contributed by atoms with Crippen molar-refractivity contribution in [2.24, 2.45) is 0 Å². The van der Waals surface area contributed by atoms with Crippen LogP contribution in [0.1, 0.15) is 5.56 Å². The highest BCUT2D eigenvalue weighted by atomic mass is 16.5. The fourth-order valence-electron chi connectivity index (χ4n) is 9.59. The Balaban J connectivity index is 1.09. The van der Waals surface area contributed by atoms with Crippen molar-refractivity contribution in [2.75, 3.05) is 7.11 Å². The second-order valence-electron chi connectivity index (χ2n) is 15.8. The number of para-hydroxylation sites is 4.